The molecule has 0 amide bonds. The molecule has 4 heteroatoms. The van der Waals surface area contributed by atoms with Crippen LogP contribution < -0.4 is 5.73 Å². The van der Waals surface area contributed by atoms with Crippen molar-refractivity contribution in [3.05, 3.63) is 0 Å². The summed E-state index contributed by atoms with van der Waals surface area (Å²) < 4.78 is 0. The Labute approximate surface area is 72.5 Å². The molecule has 0 aromatic carbocycles. The molecule has 0 aromatic rings. The summed E-state index contributed by atoms with van der Waals surface area (Å²) in [5, 5.41) is -0.437. The monoisotopic (exact) mass is 185 g/mol. The van der Waals surface area contributed by atoms with Crippen molar-refractivity contribution in [3.8, 4) is 0 Å². The maximum atomic E-state index is 10.6. The van der Waals surface area contributed by atoms with Crippen LogP contribution in [0, 0.1) is 0 Å². The van der Waals surface area contributed by atoms with Crippen LogP contribution in [0.2, 0.25) is 0 Å². The van der Waals surface area contributed by atoms with Crippen LogP contribution in [0.1, 0.15) is 26.7 Å². The van der Waals surface area contributed by atoms with E-state index in [1.807, 2.05) is 13.8 Å². The van der Waals surface area contributed by atoms with Crippen LogP contribution in [0.25, 0.3) is 0 Å². The molecular formula is C6H13Cl2NO. The van der Waals surface area contributed by atoms with Crippen molar-refractivity contribution in [2.75, 3.05) is 0 Å². The zero-order valence-electron chi connectivity index (χ0n) is 6.19. The van der Waals surface area contributed by atoms with E-state index in [4.69, 9.17) is 17.3 Å². The van der Waals surface area contributed by atoms with Gasteiger partial charge in [-0.3, -0.25) is 4.79 Å². The van der Waals surface area contributed by atoms with Gasteiger partial charge in [0, 0.05) is 0 Å². The van der Waals surface area contributed by atoms with E-state index in [2.05, 4.69) is 0 Å². The SMILES string of the molecule is CCC(N)(CC)C(=O)Cl.Cl. The number of hydrogen-bond donors (Lipinski definition) is 1. The van der Waals surface area contributed by atoms with Crippen LogP contribution in [-0.2, 0) is 4.79 Å². The van der Waals surface area contributed by atoms with Crippen LogP contribution in [0.5, 0.6) is 0 Å². The highest BCUT2D eigenvalue weighted by Gasteiger charge is 2.27. The first-order chi connectivity index (χ1) is 4.06. The smallest absolute Gasteiger partial charge is 0.241 e. The van der Waals surface area contributed by atoms with Crippen LogP contribution in [0.15, 0.2) is 0 Å². The zero-order chi connectivity index (χ0) is 7.49. The van der Waals surface area contributed by atoms with Gasteiger partial charge in [-0.05, 0) is 24.4 Å². The van der Waals surface area contributed by atoms with E-state index in [1.54, 1.807) is 0 Å². The molecule has 0 unspecified atom stereocenters. The average molecular weight is 186 g/mol. The third kappa shape index (κ3) is 2.86. The lowest BCUT2D eigenvalue weighted by Gasteiger charge is -2.20. The number of rotatable bonds is 3. The van der Waals surface area contributed by atoms with Crippen molar-refractivity contribution in [1.82, 2.24) is 0 Å². The van der Waals surface area contributed by atoms with Crippen molar-refractivity contribution in [3.63, 3.8) is 0 Å². The summed E-state index contributed by atoms with van der Waals surface area (Å²) in [6.45, 7) is 3.70. The molecule has 0 radical (unpaired) electrons. The fourth-order valence-corrected chi connectivity index (χ4v) is 0.795. The molecule has 0 spiro atoms. The number of nitrogens with two attached hydrogens (primary N) is 1. The Balaban J connectivity index is 0. The van der Waals surface area contributed by atoms with Crippen molar-refractivity contribution in [2.24, 2.45) is 5.73 Å². The van der Waals surface area contributed by atoms with Gasteiger partial charge in [-0.1, -0.05) is 13.8 Å². The van der Waals surface area contributed by atoms with Crippen LogP contribution >= 0.6 is 24.0 Å². The Kier molecular flexibility index (Phi) is 6.35. The number of carbonyl (C=O) groups excluding carboxylic acids is 1. The molecule has 0 heterocycles. The quantitative estimate of drug-likeness (QED) is 0.681. The normalized spacial score (nSPS) is 10.4. The highest BCUT2D eigenvalue weighted by molar-refractivity contribution is 6.65. The van der Waals surface area contributed by atoms with Gasteiger partial charge in [0.25, 0.3) is 0 Å². The first-order valence-corrected chi connectivity index (χ1v) is 3.43. The van der Waals surface area contributed by atoms with Gasteiger partial charge in [0.05, 0.1) is 5.54 Å². The molecule has 0 fully saturated rings. The number of hydrogen-bond acceptors (Lipinski definition) is 2. The third-order valence-electron chi connectivity index (χ3n) is 1.65. The average Bonchev–Trinajstić information content (AvgIpc) is 1.86. The first-order valence-electron chi connectivity index (χ1n) is 3.05. The molecule has 0 saturated heterocycles. The first kappa shape index (κ1) is 12.8. The Bertz CT molecular complexity index is 112. The second-order valence-electron chi connectivity index (χ2n) is 2.14. The molecule has 2 N–H and O–H groups in total. The lowest BCUT2D eigenvalue weighted by Crippen LogP contribution is -2.44. The van der Waals surface area contributed by atoms with Crippen molar-refractivity contribution in [1.29, 1.82) is 0 Å². The molecule has 0 aromatic heterocycles. The predicted molar refractivity (Wildman–Crippen MR) is 45.6 cm³/mol. The van der Waals surface area contributed by atoms with Crippen LogP contribution in [-0.4, -0.2) is 10.8 Å². The maximum absolute atomic E-state index is 10.6. The molecule has 0 saturated carbocycles. The molecule has 0 aliphatic carbocycles. The molecule has 10 heavy (non-hydrogen) atoms. The van der Waals surface area contributed by atoms with Crippen molar-refractivity contribution in [2.45, 2.75) is 32.2 Å². The molecule has 0 bridgehead atoms. The van der Waals surface area contributed by atoms with E-state index in [-0.39, 0.29) is 12.4 Å². The Morgan fingerprint density at radius 2 is 1.80 bits per heavy atom. The lowest BCUT2D eigenvalue weighted by atomic mass is 9.96. The molecule has 0 rings (SSSR count). The lowest BCUT2D eigenvalue weighted by molar-refractivity contribution is -0.116. The number of carbonyl (C=O) groups is 1. The summed E-state index contributed by atoms with van der Waals surface area (Å²) in [6, 6.07) is 0. The zero-order valence-corrected chi connectivity index (χ0v) is 7.76. The fraction of sp³-hybridized carbons (Fsp3) is 0.833. The molecule has 0 atom stereocenters. The highest BCUT2D eigenvalue weighted by Crippen LogP contribution is 2.13. The third-order valence-corrected chi connectivity index (χ3v) is 2.03. The van der Waals surface area contributed by atoms with E-state index in [0.29, 0.717) is 12.8 Å². The second-order valence-corrected chi connectivity index (χ2v) is 2.48. The molecule has 2 nitrogen and oxygen atoms in total. The van der Waals surface area contributed by atoms with Crippen LogP contribution in [0.4, 0.5) is 0 Å². The van der Waals surface area contributed by atoms with Crippen LogP contribution in [0.3, 0.4) is 0 Å². The van der Waals surface area contributed by atoms with E-state index in [9.17, 15) is 4.79 Å². The molecule has 0 aliphatic rings. The van der Waals surface area contributed by atoms with Gasteiger partial charge in [-0.15, -0.1) is 12.4 Å². The molecular weight excluding hydrogens is 173 g/mol. The van der Waals surface area contributed by atoms with Gasteiger partial charge in [0.2, 0.25) is 5.24 Å². The van der Waals surface area contributed by atoms with Crippen molar-refractivity contribution < 1.29 is 4.79 Å². The minimum absolute atomic E-state index is 0. The highest BCUT2D eigenvalue weighted by atomic mass is 35.5. The van der Waals surface area contributed by atoms with E-state index in [1.165, 1.54) is 0 Å². The molecule has 0 aliphatic heterocycles. The van der Waals surface area contributed by atoms with Gasteiger partial charge in [-0.2, -0.15) is 0 Å². The summed E-state index contributed by atoms with van der Waals surface area (Å²) in [5.74, 6) is 0. The summed E-state index contributed by atoms with van der Waals surface area (Å²) in [6.07, 6.45) is 1.21. The largest absolute Gasteiger partial charge is 0.318 e. The van der Waals surface area contributed by atoms with E-state index >= 15 is 0 Å². The summed E-state index contributed by atoms with van der Waals surface area (Å²) in [7, 11) is 0. The predicted octanol–water partition coefficient (Wildman–Crippen LogP) is 1.69. The topological polar surface area (TPSA) is 43.1 Å². The summed E-state index contributed by atoms with van der Waals surface area (Å²) >= 11 is 5.22. The Hall–Kier alpha value is 0.210. The minimum Gasteiger partial charge on any atom is -0.318 e. The number of halogens is 2. The van der Waals surface area contributed by atoms with Gasteiger partial charge < -0.3 is 5.73 Å². The summed E-state index contributed by atoms with van der Waals surface area (Å²) in [5.41, 5.74) is 4.77. The van der Waals surface area contributed by atoms with E-state index in [0.717, 1.165) is 0 Å². The standard InChI is InChI=1S/C6H12ClNO.ClH/c1-3-6(8,4-2)5(7)9;/h3-4,8H2,1-2H3;1H. The van der Waals surface area contributed by atoms with Crippen molar-refractivity contribution >= 4 is 29.3 Å². The minimum atomic E-state index is -0.790. The Morgan fingerprint density at radius 3 is 1.80 bits per heavy atom. The summed E-state index contributed by atoms with van der Waals surface area (Å²) in [4.78, 5) is 10.6. The van der Waals surface area contributed by atoms with Gasteiger partial charge in [0.15, 0.2) is 0 Å². The van der Waals surface area contributed by atoms with E-state index < -0.39 is 10.8 Å². The Morgan fingerprint density at radius 1 is 1.50 bits per heavy atom. The van der Waals surface area contributed by atoms with Gasteiger partial charge in [-0.25, -0.2) is 0 Å². The molecule has 62 valence electrons. The second kappa shape index (κ2) is 4.94. The van der Waals surface area contributed by atoms with Gasteiger partial charge in [0.1, 0.15) is 0 Å². The van der Waals surface area contributed by atoms with Gasteiger partial charge >= 0.3 is 0 Å². The maximum Gasteiger partial charge on any atom is 0.241 e. The fourth-order valence-electron chi connectivity index (χ4n) is 0.528.